The number of hydrogen-bond acceptors (Lipinski definition) is 0. The zero-order valence-corrected chi connectivity index (χ0v) is 9.71. The molecule has 0 aliphatic rings. The topological polar surface area (TPSA) is 0 Å². The van der Waals surface area contributed by atoms with Crippen LogP contribution < -0.4 is 0 Å². The van der Waals surface area contributed by atoms with Crippen molar-refractivity contribution < 1.29 is 0 Å². The first kappa shape index (κ1) is 10.0. The Morgan fingerprint density at radius 3 is 2.33 bits per heavy atom. The highest BCUT2D eigenvalue weighted by atomic mass is 127. The molecule has 0 saturated heterocycles. The summed E-state index contributed by atoms with van der Waals surface area (Å²) in [6.45, 7) is 4.43. The molecule has 0 unspecified atom stereocenters. The lowest BCUT2D eigenvalue weighted by Crippen LogP contribution is -1.92. The summed E-state index contributed by atoms with van der Waals surface area (Å²) in [5.74, 6) is 0.685. The third kappa shape index (κ3) is 3.57. The Morgan fingerprint density at radius 1 is 1.25 bits per heavy atom. The van der Waals surface area contributed by atoms with Gasteiger partial charge in [-0.25, -0.2) is 0 Å². The van der Waals surface area contributed by atoms with E-state index in [2.05, 4.69) is 67.1 Å². The normalized spacial score (nSPS) is 10.7. The van der Waals surface area contributed by atoms with E-state index in [0.29, 0.717) is 5.92 Å². The van der Waals surface area contributed by atoms with Gasteiger partial charge < -0.3 is 0 Å². The summed E-state index contributed by atoms with van der Waals surface area (Å²) in [5.41, 5.74) is 1.41. The van der Waals surface area contributed by atoms with Crippen LogP contribution in [0, 0.1) is 15.9 Å². The maximum Gasteiger partial charge on any atom is 0.0130 e. The molecule has 1 aromatic carbocycles. The largest absolute Gasteiger partial charge is 0.0625 e. The lowest BCUT2D eigenvalue weighted by molar-refractivity contribution is 0.732. The predicted octanol–water partition coefficient (Wildman–Crippen LogP) is 3.69. The molecule has 0 fully saturated rings. The average molecular weight is 273 g/mol. The van der Waals surface area contributed by atoms with Crippen molar-refractivity contribution in [2.45, 2.75) is 20.3 Å². The van der Waals surface area contributed by atoms with E-state index in [1.807, 2.05) is 0 Å². The smallest absolute Gasteiger partial charge is 0.0130 e. The highest BCUT2D eigenvalue weighted by Gasteiger charge is 1.96. The fourth-order valence-electron chi connectivity index (χ4n) is 0.992. The molecule has 0 N–H and O–H groups in total. The van der Waals surface area contributed by atoms with Crippen molar-refractivity contribution >= 4 is 22.6 Å². The quantitative estimate of drug-likeness (QED) is 0.737. The van der Waals surface area contributed by atoms with Crippen molar-refractivity contribution in [1.29, 1.82) is 0 Å². The molecule has 65 valence electrons. The molecule has 0 amide bonds. The second-order valence-electron chi connectivity index (χ2n) is 3.31. The molecule has 1 radical (unpaired) electrons. The van der Waals surface area contributed by atoms with Crippen molar-refractivity contribution in [3.8, 4) is 0 Å². The monoisotopic (exact) mass is 273 g/mol. The number of rotatable bonds is 3. The minimum atomic E-state index is 0.685. The van der Waals surface area contributed by atoms with Crippen molar-refractivity contribution in [2.75, 3.05) is 0 Å². The summed E-state index contributed by atoms with van der Waals surface area (Å²) >= 11 is 2.33. The first-order valence-electron chi connectivity index (χ1n) is 4.26. The molecule has 0 nitrogen and oxygen atoms in total. The predicted molar refractivity (Wildman–Crippen MR) is 62.0 cm³/mol. The fourth-order valence-corrected chi connectivity index (χ4v) is 1.35. The van der Waals surface area contributed by atoms with Crippen LogP contribution in [0.1, 0.15) is 19.4 Å². The van der Waals surface area contributed by atoms with Crippen LogP contribution in [-0.4, -0.2) is 0 Å². The summed E-state index contributed by atoms with van der Waals surface area (Å²) < 4.78 is 1.31. The summed E-state index contributed by atoms with van der Waals surface area (Å²) in [4.78, 5) is 0. The van der Waals surface area contributed by atoms with Crippen LogP contribution in [0.25, 0.3) is 0 Å². The van der Waals surface area contributed by atoms with Gasteiger partial charge in [0.15, 0.2) is 0 Å². The Balaban J connectivity index is 2.48. The van der Waals surface area contributed by atoms with E-state index in [4.69, 9.17) is 0 Å². The van der Waals surface area contributed by atoms with E-state index in [1.54, 1.807) is 0 Å². The van der Waals surface area contributed by atoms with Gasteiger partial charge in [0.1, 0.15) is 0 Å². The molecule has 0 aliphatic carbocycles. The lowest BCUT2D eigenvalue weighted by atomic mass is 10.0. The van der Waals surface area contributed by atoms with Gasteiger partial charge >= 0.3 is 0 Å². The van der Waals surface area contributed by atoms with E-state index in [1.165, 1.54) is 9.13 Å². The molecule has 12 heavy (non-hydrogen) atoms. The molecule has 1 heteroatoms. The molecular formula is C11H14I. The number of halogens is 1. The van der Waals surface area contributed by atoms with Crippen molar-refractivity contribution in [1.82, 2.24) is 0 Å². The standard InChI is InChI=1S/C11H14I/c1-9(2)3-4-10-5-7-11(12)8-6-10/h3,5-9H,4H2,1-2H3. The van der Waals surface area contributed by atoms with Gasteiger partial charge in [-0.05, 0) is 59.0 Å². The molecule has 0 saturated carbocycles. The third-order valence-corrected chi connectivity index (χ3v) is 2.46. The molecule has 0 bridgehead atoms. The van der Waals surface area contributed by atoms with Crippen LogP contribution in [0.15, 0.2) is 24.3 Å². The summed E-state index contributed by atoms with van der Waals surface area (Å²) in [7, 11) is 0. The average Bonchev–Trinajstić information content (AvgIpc) is 2.03. The molecule has 0 aromatic heterocycles. The zero-order chi connectivity index (χ0) is 8.97. The molecule has 0 atom stereocenters. The highest BCUT2D eigenvalue weighted by molar-refractivity contribution is 14.1. The first-order valence-corrected chi connectivity index (χ1v) is 5.34. The number of benzene rings is 1. The van der Waals surface area contributed by atoms with Gasteiger partial charge in [-0.15, -0.1) is 0 Å². The van der Waals surface area contributed by atoms with Crippen LogP contribution in [-0.2, 0) is 6.42 Å². The van der Waals surface area contributed by atoms with Crippen LogP contribution in [0.5, 0.6) is 0 Å². The molecule has 0 spiro atoms. The van der Waals surface area contributed by atoms with Crippen LogP contribution in [0.4, 0.5) is 0 Å². The van der Waals surface area contributed by atoms with E-state index in [-0.39, 0.29) is 0 Å². The summed E-state index contributed by atoms with van der Waals surface area (Å²) in [6, 6.07) is 8.70. The third-order valence-electron chi connectivity index (χ3n) is 1.74. The maximum atomic E-state index is 2.34. The Kier molecular flexibility index (Phi) is 4.06. The van der Waals surface area contributed by atoms with Crippen molar-refractivity contribution in [2.24, 2.45) is 5.92 Å². The summed E-state index contributed by atoms with van der Waals surface area (Å²) in [6.07, 6.45) is 3.43. The Bertz CT molecular complexity index is 223. The molecule has 1 aromatic rings. The Hall–Kier alpha value is -0.0500. The SMILES string of the molecule is CC(C)[CH]Cc1ccc(I)cc1. The van der Waals surface area contributed by atoms with Crippen molar-refractivity contribution in [3.63, 3.8) is 0 Å². The van der Waals surface area contributed by atoms with Crippen LogP contribution >= 0.6 is 22.6 Å². The van der Waals surface area contributed by atoms with E-state index in [9.17, 15) is 0 Å². The Labute approximate surface area is 88.5 Å². The Morgan fingerprint density at radius 2 is 1.83 bits per heavy atom. The first-order chi connectivity index (χ1) is 5.68. The van der Waals surface area contributed by atoms with Gasteiger partial charge in [0.2, 0.25) is 0 Å². The van der Waals surface area contributed by atoms with Gasteiger partial charge in [-0.3, -0.25) is 0 Å². The second kappa shape index (κ2) is 4.85. The van der Waals surface area contributed by atoms with Gasteiger partial charge in [0.25, 0.3) is 0 Å². The number of hydrogen-bond donors (Lipinski definition) is 0. The minimum Gasteiger partial charge on any atom is -0.0625 e. The zero-order valence-electron chi connectivity index (χ0n) is 7.55. The van der Waals surface area contributed by atoms with Gasteiger partial charge in [0.05, 0.1) is 0 Å². The lowest BCUT2D eigenvalue weighted by Gasteiger charge is -2.03. The van der Waals surface area contributed by atoms with Crippen LogP contribution in [0.3, 0.4) is 0 Å². The van der Waals surface area contributed by atoms with E-state index in [0.717, 1.165) is 6.42 Å². The van der Waals surface area contributed by atoms with Crippen molar-refractivity contribution in [3.05, 3.63) is 39.8 Å². The second-order valence-corrected chi connectivity index (χ2v) is 4.56. The van der Waals surface area contributed by atoms with E-state index >= 15 is 0 Å². The molecule has 0 aliphatic heterocycles. The minimum absolute atomic E-state index is 0.685. The highest BCUT2D eigenvalue weighted by Crippen LogP contribution is 2.10. The van der Waals surface area contributed by atoms with E-state index < -0.39 is 0 Å². The van der Waals surface area contributed by atoms with Gasteiger partial charge in [-0.2, -0.15) is 0 Å². The molecular weight excluding hydrogens is 259 g/mol. The van der Waals surface area contributed by atoms with Gasteiger partial charge in [-0.1, -0.05) is 26.0 Å². The molecule has 0 heterocycles. The summed E-state index contributed by atoms with van der Waals surface area (Å²) in [5, 5.41) is 0. The van der Waals surface area contributed by atoms with Crippen LogP contribution in [0.2, 0.25) is 0 Å². The fraction of sp³-hybridized carbons (Fsp3) is 0.364. The molecule has 1 rings (SSSR count). The van der Waals surface area contributed by atoms with Gasteiger partial charge in [0, 0.05) is 3.57 Å². The maximum absolute atomic E-state index is 2.34.